The summed E-state index contributed by atoms with van der Waals surface area (Å²) in [6.07, 6.45) is 0. The van der Waals surface area contributed by atoms with Crippen LogP contribution in [0.2, 0.25) is 0 Å². The minimum atomic E-state index is -0.215. The molecule has 0 atom stereocenters. The number of rotatable bonds is 1. The summed E-state index contributed by atoms with van der Waals surface area (Å²) in [6.45, 7) is 0. The molecule has 0 amide bonds. The Bertz CT molecular complexity index is 176. The monoisotopic (exact) mass is 207 g/mol. The van der Waals surface area contributed by atoms with E-state index in [0.29, 0.717) is 5.06 Å². The minimum absolute atomic E-state index is 0.215. The van der Waals surface area contributed by atoms with Crippen molar-refractivity contribution in [2.45, 2.75) is 0 Å². The van der Waals surface area contributed by atoms with E-state index < -0.39 is 0 Å². The third-order valence-electron chi connectivity index (χ3n) is 0.644. The molecule has 0 aromatic carbocycles. The van der Waals surface area contributed by atoms with Crippen LogP contribution in [0, 0.1) is 5.82 Å². The van der Waals surface area contributed by atoms with Gasteiger partial charge < -0.3 is 0 Å². The molecular weight excluding hydrogens is 206 g/mol. The summed E-state index contributed by atoms with van der Waals surface area (Å²) in [6, 6.07) is 1.37. The number of halogens is 1. The van der Waals surface area contributed by atoms with Crippen molar-refractivity contribution in [1.82, 2.24) is 0 Å². The van der Waals surface area contributed by atoms with E-state index in [1.54, 1.807) is 0 Å². The van der Waals surface area contributed by atoms with Crippen molar-refractivity contribution in [3.05, 3.63) is 17.3 Å². The Morgan fingerprint density at radius 1 is 1.75 bits per heavy atom. The number of hydrogen-bond donors (Lipinski definition) is 0. The molecule has 0 spiro atoms. The topological polar surface area (TPSA) is 9.23 Å². The summed E-state index contributed by atoms with van der Waals surface area (Å²) in [4.78, 5) is 0. The molecule has 0 N–H and O–H groups in total. The van der Waals surface area contributed by atoms with Crippen LogP contribution in [0.3, 0.4) is 0 Å². The van der Waals surface area contributed by atoms with Gasteiger partial charge in [-0.25, -0.2) is 0 Å². The summed E-state index contributed by atoms with van der Waals surface area (Å²) in [5.74, 6) is -0.215. The second kappa shape index (κ2) is 2.74. The third kappa shape index (κ3) is 1.39. The molecule has 8 heavy (non-hydrogen) atoms. The van der Waals surface area contributed by atoms with E-state index >= 15 is 0 Å². The zero-order valence-electron chi connectivity index (χ0n) is 3.85. The van der Waals surface area contributed by atoms with Crippen LogP contribution in [0.25, 0.3) is 0 Å². The first-order valence-electron chi connectivity index (χ1n) is 1.90. The van der Waals surface area contributed by atoms with Gasteiger partial charge in [0.05, 0.1) is 0 Å². The summed E-state index contributed by atoms with van der Waals surface area (Å²) in [5, 5.41) is 2.07. The van der Waals surface area contributed by atoms with E-state index in [9.17, 15) is 4.39 Å². The van der Waals surface area contributed by atoms with Crippen molar-refractivity contribution in [2.75, 3.05) is 0 Å². The molecule has 1 aromatic heterocycles. The summed E-state index contributed by atoms with van der Waals surface area (Å²) >= 11 is 2.22. The van der Waals surface area contributed by atoms with Gasteiger partial charge in [0.1, 0.15) is 0 Å². The standard InChI is InChI=1S/C4H3FOS.Zr/c5-3-1-4(6)7-2-3;/h1-2,6H;/q;+1/p-1. The Morgan fingerprint density at radius 3 is 2.75 bits per heavy atom. The zero-order chi connectivity index (χ0) is 5.98. The van der Waals surface area contributed by atoms with Gasteiger partial charge in [-0.15, -0.1) is 0 Å². The van der Waals surface area contributed by atoms with Gasteiger partial charge in [0.2, 0.25) is 0 Å². The van der Waals surface area contributed by atoms with Crippen LogP contribution in [-0.2, 0) is 25.2 Å². The van der Waals surface area contributed by atoms with E-state index in [1.807, 2.05) is 0 Å². The molecule has 1 nitrogen and oxygen atoms in total. The van der Waals surface area contributed by atoms with Gasteiger partial charge >= 0.3 is 66.0 Å². The maximum atomic E-state index is 12.1. The summed E-state index contributed by atoms with van der Waals surface area (Å²) in [5.41, 5.74) is 0. The molecular formula is C4H2FOSZr. The molecule has 0 aliphatic rings. The summed E-state index contributed by atoms with van der Waals surface area (Å²) < 4.78 is 16.9. The fourth-order valence-electron chi connectivity index (χ4n) is 0.349. The molecule has 0 aliphatic heterocycles. The van der Waals surface area contributed by atoms with Gasteiger partial charge in [0.25, 0.3) is 0 Å². The quantitative estimate of drug-likeness (QED) is 0.683. The van der Waals surface area contributed by atoms with Crippen molar-refractivity contribution in [1.29, 1.82) is 0 Å². The van der Waals surface area contributed by atoms with Gasteiger partial charge in [-0.05, 0) is 0 Å². The molecule has 0 fully saturated rings. The predicted molar refractivity (Wildman–Crippen MR) is 24.9 cm³/mol. The molecule has 0 unspecified atom stereocenters. The van der Waals surface area contributed by atoms with Crippen molar-refractivity contribution in [3.8, 4) is 5.06 Å². The van der Waals surface area contributed by atoms with Crippen molar-refractivity contribution >= 4 is 11.3 Å². The molecule has 1 heterocycles. The Morgan fingerprint density at radius 2 is 2.50 bits per heavy atom. The van der Waals surface area contributed by atoms with Gasteiger partial charge in [-0.1, -0.05) is 0 Å². The molecule has 1 aromatic rings. The molecule has 0 bridgehead atoms. The molecule has 1 rings (SSSR count). The Kier molecular flexibility index (Phi) is 2.20. The van der Waals surface area contributed by atoms with Crippen LogP contribution in [0.15, 0.2) is 11.4 Å². The molecule has 4 heteroatoms. The average molecular weight is 208 g/mol. The van der Waals surface area contributed by atoms with Crippen LogP contribution in [0.4, 0.5) is 4.39 Å². The summed E-state index contributed by atoms with van der Waals surface area (Å²) in [7, 11) is 0. The molecule has 0 saturated carbocycles. The molecule has 41 valence electrons. The first-order chi connectivity index (χ1) is 3.83. The van der Waals surface area contributed by atoms with E-state index in [4.69, 9.17) is 2.81 Å². The van der Waals surface area contributed by atoms with Gasteiger partial charge in [-0.2, -0.15) is 0 Å². The van der Waals surface area contributed by atoms with Gasteiger partial charge in [0.15, 0.2) is 0 Å². The van der Waals surface area contributed by atoms with E-state index in [-0.39, 0.29) is 5.82 Å². The van der Waals surface area contributed by atoms with Crippen molar-refractivity contribution in [2.24, 2.45) is 0 Å². The number of hydrogen-bond acceptors (Lipinski definition) is 2. The molecule has 0 aliphatic carbocycles. The van der Waals surface area contributed by atoms with Crippen LogP contribution >= 0.6 is 11.3 Å². The first-order valence-corrected chi connectivity index (χ1v) is 3.79. The SMILES string of the molecule is Fc1csc([O][Zr])c1. The Balaban J connectivity index is 2.84. The van der Waals surface area contributed by atoms with Crippen molar-refractivity contribution in [3.63, 3.8) is 0 Å². The van der Waals surface area contributed by atoms with Gasteiger partial charge in [-0.3, -0.25) is 0 Å². The van der Waals surface area contributed by atoms with Crippen LogP contribution in [-0.4, -0.2) is 0 Å². The zero-order valence-corrected chi connectivity index (χ0v) is 7.12. The maximum absolute atomic E-state index is 12.1. The number of thiophene rings is 1. The van der Waals surface area contributed by atoms with Crippen LogP contribution < -0.4 is 2.81 Å². The van der Waals surface area contributed by atoms with Crippen LogP contribution in [0.1, 0.15) is 0 Å². The van der Waals surface area contributed by atoms with E-state index in [2.05, 4.69) is 0 Å². The fraction of sp³-hybridized carbons (Fsp3) is 0. The first kappa shape index (κ1) is 6.43. The van der Waals surface area contributed by atoms with Crippen LogP contribution in [0.5, 0.6) is 5.06 Å². The van der Waals surface area contributed by atoms with Crippen molar-refractivity contribution < 1.29 is 32.4 Å². The second-order valence-corrected chi connectivity index (χ2v) is 2.56. The van der Waals surface area contributed by atoms with E-state index in [1.165, 1.54) is 22.8 Å². The molecule has 0 radical (unpaired) electrons. The average Bonchev–Trinajstić information content (AvgIpc) is 2.14. The molecule has 0 saturated heterocycles. The Labute approximate surface area is 65.9 Å². The fourth-order valence-corrected chi connectivity index (χ4v) is 1.37. The van der Waals surface area contributed by atoms with Gasteiger partial charge in [0, 0.05) is 0 Å². The second-order valence-electron chi connectivity index (χ2n) is 1.19. The van der Waals surface area contributed by atoms with E-state index in [0.717, 1.165) is 25.2 Å². The normalized spacial score (nSPS) is 9.00. The Hall–Kier alpha value is 0.313. The third-order valence-corrected chi connectivity index (χ3v) is 2.32. The predicted octanol–water partition coefficient (Wildman–Crippen LogP) is 1.73.